The van der Waals surface area contributed by atoms with E-state index in [-0.39, 0.29) is 6.42 Å². The zero-order valence-electron chi connectivity index (χ0n) is 14.5. The van der Waals surface area contributed by atoms with Gasteiger partial charge in [0.2, 0.25) is 0 Å². The summed E-state index contributed by atoms with van der Waals surface area (Å²) in [6.07, 6.45) is -0.0319. The van der Waals surface area contributed by atoms with Crippen LogP contribution in [0.15, 0.2) is 42.5 Å². The molecule has 0 aliphatic carbocycles. The highest BCUT2D eigenvalue weighted by molar-refractivity contribution is 7.16. The quantitative estimate of drug-likeness (QED) is 0.670. The summed E-state index contributed by atoms with van der Waals surface area (Å²) in [5, 5.41) is 13.3. The number of aryl methyl sites for hydroxylation is 3. The van der Waals surface area contributed by atoms with Gasteiger partial charge in [0, 0.05) is 16.1 Å². The average Bonchev–Trinajstić information content (AvgIpc) is 2.93. The second kappa shape index (κ2) is 7.07. The van der Waals surface area contributed by atoms with Gasteiger partial charge in [0.05, 0.1) is 12.1 Å². The fourth-order valence-corrected chi connectivity index (χ4v) is 3.67. The van der Waals surface area contributed by atoms with Crippen LogP contribution in [0.1, 0.15) is 21.6 Å². The summed E-state index contributed by atoms with van der Waals surface area (Å²) < 4.78 is 0. The smallest absolute Gasteiger partial charge is 0.308 e. The van der Waals surface area contributed by atoms with Gasteiger partial charge in [-0.25, -0.2) is 4.98 Å². The molecule has 5 heteroatoms. The number of anilines is 2. The Balaban J connectivity index is 2.05. The van der Waals surface area contributed by atoms with E-state index in [4.69, 9.17) is 4.98 Å². The van der Waals surface area contributed by atoms with Crippen molar-refractivity contribution in [2.75, 3.05) is 5.32 Å². The molecule has 0 saturated heterocycles. The zero-order valence-corrected chi connectivity index (χ0v) is 15.3. The van der Waals surface area contributed by atoms with Crippen LogP contribution in [0.3, 0.4) is 0 Å². The molecule has 3 rings (SSSR count). The summed E-state index contributed by atoms with van der Waals surface area (Å²) >= 11 is 1.40. The number of hydrogen-bond acceptors (Lipinski definition) is 4. The Kier molecular flexibility index (Phi) is 4.86. The van der Waals surface area contributed by atoms with Crippen LogP contribution in [0.4, 0.5) is 10.8 Å². The van der Waals surface area contributed by atoms with Crippen molar-refractivity contribution in [3.63, 3.8) is 0 Å². The van der Waals surface area contributed by atoms with E-state index in [0.29, 0.717) is 5.13 Å². The lowest BCUT2D eigenvalue weighted by Gasteiger charge is -2.07. The molecule has 1 heterocycles. The molecule has 0 unspecified atom stereocenters. The standard InChI is InChI=1S/C20H20N2O2S/c1-12-8-9-13(2)15(10-12)19-17(11-18(23)24)25-20(22-19)21-16-7-5-4-6-14(16)3/h4-10H,11H2,1-3H3,(H,21,22)(H,23,24). The third-order valence-electron chi connectivity index (χ3n) is 4.04. The molecule has 0 spiro atoms. The van der Waals surface area contributed by atoms with Crippen LogP contribution in [-0.2, 0) is 11.2 Å². The molecule has 25 heavy (non-hydrogen) atoms. The molecule has 4 nitrogen and oxygen atoms in total. The lowest BCUT2D eigenvalue weighted by atomic mass is 10.0. The number of aliphatic carboxylic acids is 1. The molecule has 0 radical (unpaired) electrons. The monoisotopic (exact) mass is 352 g/mol. The van der Waals surface area contributed by atoms with E-state index in [1.165, 1.54) is 11.3 Å². The molecular weight excluding hydrogens is 332 g/mol. The maximum Gasteiger partial charge on any atom is 0.308 e. The van der Waals surface area contributed by atoms with Gasteiger partial charge in [-0.1, -0.05) is 35.9 Å². The van der Waals surface area contributed by atoms with Crippen molar-refractivity contribution in [3.8, 4) is 11.3 Å². The second-order valence-corrected chi connectivity index (χ2v) is 7.20. The summed E-state index contributed by atoms with van der Waals surface area (Å²) in [5.74, 6) is -0.849. The molecule has 0 aliphatic rings. The van der Waals surface area contributed by atoms with Gasteiger partial charge < -0.3 is 10.4 Å². The highest BCUT2D eigenvalue weighted by Gasteiger charge is 2.18. The normalized spacial score (nSPS) is 10.7. The van der Waals surface area contributed by atoms with Gasteiger partial charge in [-0.05, 0) is 44.0 Å². The molecule has 0 amide bonds. The van der Waals surface area contributed by atoms with Crippen LogP contribution in [0.2, 0.25) is 0 Å². The minimum atomic E-state index is -0.849. The van der Waals surface area contributed by atoms with Crippen LogP contribution in [0, 0.1) is 20.8 Å². The van der Waals surface area contributed by atoms with Gasteiger partial charge in [0.25, 0.3) is 0 Å². The number of carbonyl (C=O) groups is 1. The molecule has 0 aliphatic heterocycles. The fourth-order valence-electron chi connectivity index (χ4n) is 2.69. The lowest BCUT2D eigenvalue weighted by Crippen LogP contribution is -2.00. The predicted molar refractivity (Wildman–Crippen MR) is 103 cm³/mol. The molecule has 2 N–H and O–H groups in total. The van der Waals surface area contributed by atoms with Crippen molar-refractivity contribution in [1.29, 1.82) is 0 Å². The Morgan fingerprint density at radius 3 is 2.60 bits per heavy atom. The topological polar surface area (TPSA) is 62.2 Å². The fraction of sp³-hybridized carbons (Fsp3) is 0.200. The zero-order chi connectivity index (χ0) is 18.0. The molecule has 0 atom stereocenters. The van der Waals surface area contributed by atoms with Crippen LogP contribution in [0.25, 0.3) is 11.3 Å². The van der Waals surface area contributed by atoms with Crippen molar-refractivity contribution in [2.24, 2.45) is 0 Å². The van der Waals surface area contributed by atoms with E-state index in [9.17, 15) is 9.90 Å². The van der Waals surface area contributed by atoms with Gasteiger partial charge in [0.15, 0.2) is 5.13 Å². The number of thiazole rings is 1. The van der Waals surface area contributed by atoms with Gasteiger partial charge in [-0.3, -0.25) is 4.79 Å². The number of nitrogens with zero attached hydrogens (tertiary/aromatic N) is 1. The third kappa shape index (κ3) is 3.88. The molecular formula is C20H20N2O2S. The van der Waals surface area contributed by atoms with E-state index in [1.54, 1.807) is 0 Å². The van der Waals surface area contributed by atoms with Crippen LogP contribution >= 0.6 is 11.3 Å². The number of rotatable bonds is 5. The van der Waals surface area contributed by atoms with Gasteiger partial charge >= 0.3 is 5.97 Å². The van der Waals surface area contributed by atoms with Crippen LogP contribution in [0.5, 0.6) is 0 Å². The van der Waals surface area contributed by atoms with E-state index in [1.807, 2.05) is 51.1 Å². The Hall–Kier alpha value is -2.66. The number of nitrogens with one attached hydrogen (secondary N) is 1. The summed E-state index contributed by atoms with van der Waals surface area (Å²) in [4.78, 5) is 16.8. The molecule has 2 aromatic carbocycles. The van der Waals surface area contributed by atoms with Crippen molar-refractivity contribution in [3.05, 3.63) is 64.0 Å². The maximum absolute atomic E-state index is 11.3. The number of benzene rings is 2. The van der Waals surface area contributed by atoms with Gasteiger partial charge in [0.1, 0.15) is 0 Å². The molecule has 0 saturated carbocycles. The number of carboxylic acids is 1. The Morgan fingerprint density at radius 1 is 1.12 bits per heavy atom. The largest absolute Gasteiger partial charge is 0.481 e. The summed E-state index contributed by atoms with van der Waals surface area (Å²) in [6.45, 7) is 6.07. The molecule has 128 valence electrons. The minimum Gasteiger partial charge on any atom is -0.481 e. The minimum absolute atomic E-state index is 0.0319. The first-order valence-electron chi connectivity index (χ1n) is 8.06. The van der Waals surface area contributed by atoms with Crippen molar-refractivity contribution in [2.45, 2.75) is 27.2 Å². The molecule has 3 aromatic rings. The van der Waals surface area contributed by atoms with E-state index >= 15 is 0 Å². The highest BCUT2D eigenvalue weighted by Crippen LogP contribution is 2.35. The number of hydrogen-bond donors (Lipinski definition) is 2. The average molecular weight is 352 g/mol. The van der Waals surface area contributed by atoms with E-state index < -0.39 is 5.97 Å². The highest BCUT2D eigenvalue weighted by atomic mass is 32.1. The Morgan fingerprint density at radius 2 is 1.88 bits per heavy atom. The Labute approximate surface area is 151 Å². The van der Waals surface area contributed by atoms with Crippen LogP contribution in [-0.4, -0.2) is 16.1 Å². The molecule has 0 bridgehead atoms. The third-order valence-corrected chi connectivity index (χ3v) is 5.01. The first-order valence-corrected chi connectivity index (χ1v) is 8.87. The Bertz CT molecular complexity index is 931. The van der Waals surface area contributed by atoms with Crippen molar-refractivity contribution >= 4 is 28.1 Å². The second-order valence-electron chi connectivity index (χ2n) is 6.12. The SMILES string of the molecule is Cc1ccc(C)c(-c2nc(Nc3ccccc3C)sc2CC(=O)O)c1. The number of aromatic nitrogens is 1. The van der Waals surface area contributed by atoms with Crippen LogP contribution < -0.4 is 5.32 Å². The van der Waals surface area contributed by atoms with E-state index in [0.717, 1.165) is 38.5 Å². The lowest BCUT2D eigenvalue weighted by molar-refractivity contribution is -0.136. The number of carboxylic acid groups (broad SMARTS) is 1. The summed E-state index contributed by atoms with van der Waals surface area (Å²) in [5.41, 5.74) is 6.06. The number of para-hydroxylation sites is 1. The first-order chi connectivity index (χ1) is 11.9. The van der Waals surface area contributed by atoms with Crippen molar-refractivity contribution in [1.82, 2.24) is 4.98 Å². The summed E-state index contributed by atoms with van der Waals surface area (Å²) in [6, 6.07) is 14.1. The molecule has 0 fully saturated rings. The van der Waals surface area contributed by atoms with E-state index in [2.05, 4.69) is 17.4 Å². The summed E-state index contributed by atoms with van der Waals surface area (Å²) in [7, 11) is 0. The van der Waals surface area contributed by atoms with Gasteiger partial charge in [-0.15, -0.1) is 11.3 Å². The maximum atomic E-state index is 11.3. The van der Waals surface area contributed by atoms with Gasteiger partial charge in [-0.2, -0.15) is 0 Å². The van der Waals surface area contributed by atoms with Crippen molar-refractivity contribution < 1.29 is 9.90 Å². The predicted octanol–water partition coefficient (Wildman–Crippen LogP) is 5.11. The molecule has 1 aromatic heterocycles. The first kappa shape index (κ1) is 17.2.